The van der Waals surface area contributed by atoms with Crippen LogP contribution in [0.4, 0.5) is 0 Å². The summed E-state index contributed by atoms with van der Waals surface area (Å²) in [6, 6.07) is 21.0. The van der Waals surface area contributed by atoms with Crippen molar-refractivity contribution in [1.29, 1.82) is 0 Å². The molecule has 0 aromatic heterocycles. The number of nitrogens with two attached hydrogens (primary N) is 1. The van der Waals surface area contributed by atoms with Crippen LogP contribution >= 0.6 is 0 Å². The molecule has 1 aliphatic heterocycles. The van der Waals surface area contributed by atoms with Gasteiger partial charge in [0.15, 0.2) is 6.04 Å². The number of aliphatic carboxylic acids is 1. The maximum atomic E-state index is 13.5. The Balaban J connectivity index is 1.47. The summed E-state index contributed by atoms with van der Waals surface area (Å²) in [6.45, 7) is -0.567. The van der Waals surface area contributed by atoms with Gasteiger partial charge in [-0.05, 0) is 39.8 Å². The number of carbonyl (C=O) groups is 3. The van der Waals surface area contributed by atoms with E-state index in [-0.39, 0.29) is 18.9 Å². The molecule has 7 nitrogen and oxygen atoms in total. The number of amides is 1. The molecule has 1 unspecified atom stereocenters. The van der Waals surface area contributed by atoms with Gasteiger partial charge in [-0.2, -0.15) is 0 Å². The Morgan fingerprint density at radius 3 is 2.09 bits per heavy atom. The minimum absolute atomic E-state index is 0.0761. The number of rotatable bonds is 5. The topological polar surface area (TPSA) is 110 Å². The van der Waals surface area contributed by atoms with E-state index in [2.05, 4.69) is 0 Å². The summed E-state index contributed by atoms with van der Waals surface area (Å²) in [5, 5.41) is 9.44. The van der Waals surface area contributed by atoms with Crippen LogP contribution in [0, 0.1) is 0 Å². The van der Waals surface area contributed by atoms with E-state index in [4.69, 9.17) is 10.5 Å². The highest BCUT2D eigenvalue weighted by Crippen LogP contribution is 2.44. The van der Waals surface area contributed by atoms with Crippen molar-refractivity contribution in [2.75, 3.05) is 13.2 Å². The van der Waals surface area contributed by atoms with E-state index >= 15 is 0 Å². The summed E-state index contributed by atoms with van der Waals surface area (Å²) in [6.07, 6.45) is 0.221. The van der Waals surface area contributed by atoms with Gasteiger partial charge in [0, 0.05) is 5.92 Å². The molecule has 2 atom stereocenters. The number of fused-ring (bicyclic) bond motifs is 4. The molecule has 5 rings (SSSR count). The number of esters is 1. The highest BCUT2D eigenvalue weighted by atomic mass is 16.5. The van der Waals surface area contributed by atoms with Crippen LogP contribution < -0.4 is 5.73 Å². The van der Waals surface area contributed by atoms with Gasteiger partial charge in [-0.15, -0.1) is 0 Å². The Labute approximate surface area is 196 Å². The Bertz CT molecular complexity index is 1240. The van der Waals surface area contributed by atoms with Crippen LogP contribution in [-0.2, 0) is 25.5 Å². The van der Waals surface area contributed by atoms with Crippen molar-refractivity contribution in [2.24, 2.45) is 5.73 Å². The van der Waals surface area contributed by atoms with Gasteiger partial charge in [-0.25, -0.2) is 4.79 Å². The summed E-state index contributed by atoms with van der Waals surface area (Å²) >= 11 is 0. The number of ether oxygens (including phenoxy) is 1. The van der Waals surface area contributed by atoms with Gasteiger partial charge in [-0.3, -0.25) is 9.59 Å². The van der Waals surface area contributed by atoms with Crippen LogP contribution in [0.25, 0.3) is 11.1 Å². The number of hydrogen-bond donors (Lipinski definition) is 2. The van der Waals surface area contributed by atoms with Crippen molar-refractivity contribution >= 4 is 17.8 Å². The van der Waals surface area contributed by atoms with Crippen molar-refractivity contribution < 1.29 is 24.2 Å². The first-order chi connectivity index (χ1) is 16.5. The Morgan fingerprint density at radius 1 is 0.912 bits per heavy atom. The second kappa shape index (κ2) is 8.76. The summed E-state index contributed by atoms with van der Waals surface area (Å²) < 4.78 is 5.82. The lowest BCUT2D eigenvalue weighted by molar-refractivity contribution is -0.158. The van der Waals surface area contributed by atoms with E-state index in [0.29, 0.717) is 5.56 Å². The number of carboxylic acid groups (broad SMARTS) is 1. The lowest BCUT2D eigenvalue weighted by Gasteiger charge is -2.29. The van der Waals surface area contributed by atoms with Crippen LogP contribution in [0.15, 0.2) is 72.8 Å². The standard InChI is InChI=1S/C27H24N2O5/c28-23-13-16-7-1-2-8-17(16)25(29(26(23)32)14-24(30)31)27(33)34-15-22-20-11-5-3-9-18(20)19-10-4-6-12-21(19)22/h1-12,22-23,25H,13-15,28H2,(H,30,31)/t23?,25-/m0/s1. The summed E-state index contributed by atoms with van der Waals surface area (Å²) in [5.74, 6) is -2.63. The molecule has 1 aliphatic carbocycles. The van der Waals surface area contributed by atoms with Gasteiger partial charge in [0.25, 0.3) is 0 Å². The first-order valence-corrected chi connectivity index (χ1v) is 11.2. The molecule has 3 aromatic rings. The Morgan fingerprint density at radius 2 is 1.47 bits per heavy atom. The number of hydrogen-bond acceptors (Lipinski definition) is 5. The normalized spacial score (nSPS) is 19.1. The average molecular weight is 456 g/mol. The lowest BCUT2D eigenvalue weighted by Crippen LogP contribution is -2.48. The SMILES string of the molecule is NC1Cc2ccccc2[C@@H](C(=O)OCC2c3ccccc3-c3ccccc32)N(CC(=O)O)C1=O. The molecular formula is C27H24N2O5. The fourth-order valence-corrected chi connectivity index (χ4v) is 5.07. The number of carboxylic acids is 1. The van der Waals surface area contributed by atoms with E-state index in [1.54, 1.807) is 24.3 Å². The van der Waals surface area contributed by atoms with E-state index < -0.39 is 36.5 Å². The maximum absolute atomic E-state index is 13.5. The molecule has 34 heavy (non-hydrogen) atoms. The Hall–Kier alpha value is -3.97. The highest BCUT2D eigenvalue weighted by Gasteiger charge is 2.41. The van der Waals surface area contributed by atoms with Gasteiger partial charge >= 0.3 is 11.9 Å². The van der Waals surface area contributed by atoms with Gasteiger partial charge in [-0.1, -0.05) is 72.8 Å². The smallest absolute Gasteiger partial charge is 0.333 e. The second-order valence-corrected chi connectivity index (χ2v) is 8.63. The van der Waals surface area contributed by atoms with Crippen LogP contribution in [0.1, 0.15) is 34.2 Å². The molecule has 2 aliphatic rings. The minimum Gasteiger partial charge on any atom is -0.480 e. The van der Waals surface area contributed by atoms with Crippen LogP contribution in [-0.4, -0.2) is 47.0 Å². The fourth-order valence-electron chi connectivity index (χ4n) is 5.07. The van der Waals surface area contributed by atoms with E-state index in [9.17, 15) is 19.5 Å². The summed E-state index contributed by atoms with van der Waals surface area (Å²) in [7, 11) is 0. The Kier molecular flexibility index (Phi) is 5.63. The minimum atomic E-state index is -1.23. The molecule has 0 radical (unpaired) electrons. The zero-order valence-electron chi connectivity index (χ0n) is 18.4. The van der Waals surface area contributed by atoms with Crippen LogP contribution in [0.3, 0.4) is 0 Å². The van der Waals surface area contributed by atoms with Gasteiger partial charge < -0.3 is 20.5 Å². The zero-order chi connectivity index (χ0) is 23.8. The number of nitrogens with zero attached hydrogens (tertiary/aromatic N) is 1. The molecule has 0 fully saturated rings. The molecular weight excluding hydrogens is 432 g/mol. The molecule has 0 saturated heterocycles. The molecule has 1 heterocycles. The molecule has 0 bridgehead atoms. The fraction of sp³-hybridized carbons (Fsp3) is 0.222. The van der Waals surface area contributed by atoms with Crippen molar-refractivity contribution in [2.45, 2.75) is 24.4 Å². The highest BCUT2D eigenvalue weighted by molar-refractivity contribution is 5.92. The number of carbonyl (C=O) groups excluding carboxylic acids is 2. The summed E-state index contributed by atoms with van der Waals surface area (Å²) in [4.78, 5) is 39.1. The van der Waals surface area contributed by atoms with Crippen molar-refractivity contribution in [3.05, 3.63) is 95.1 Å². The van der Waals surface area contributed by atoms with Crippen molar-refractivity contribution in [3.63, 3.8) is 0 Å². The maximum Gasteiger partial charge on any atom is 0.333 e. The molecule has 3 aromatic carbocycles. The van der Waals surface area contributed by atoms with E-state index in [0.717, 1.165) is 32.7 Å². The first-order valence-electron chi connectivity index (χ1n) is 11.2. The molecule has 0 spiro atoms. The third-order valence-electron chi connectivity index (χ3n) is 6.59. The van der Waals surface area contributed by atoms with Gasteiger partial charge in [0.2, 0.25) is 5.91 Å². The lowest BCUT2D eigenvalue weighted by atomic mass is 9.97. The predicted octanol–water partition coefficient (Wildman–Crippen LogP) is 2.88. The first kappa shape index (κ1) is 21.9. The molecule has 7 heteroatoms. The third kappa shape index (κ3) is 3.74. The molecule has 172 valence electrons. The van der Waals surface area contributed by atoms with E-state index in [1.807, 2.05) is 48.5 Å². The average Bonchev–Trinajstić information content (AvgIpc) is 3.11. The second-order valence-electron chi connectivity index (χ2n) is 8.63. The zero-order valence-corrected chi connectivity index (χ0v) is 18.4. The largest absolute Gasteiger partial charge is 0.480 e. The molecule has 1 amide bonds. The number of benzene rings is 3. The third-order valence-corrected chi connectivity index (χ3v) is 6.59. The molecule has 3 N–H and O–H groups in total. The van der Waals surface area contributed by atoms with Gasteiger partial charge in [0.1, 0.15) is 13.2 Å². The van der Waals surface area contributed by atoms with Crippen LogP contribution in [0.5, 0.6) is 0 Å². The predicted molar refractivity (Wildman–Crippen MR) is 125 cm³/mol. The van der Waals surface area contributed by atoms with E-state index in [1.165, 1.54) is 0 Å². The quantitative estimate of drug-likeness (QED) is 0.572. The van der Waals surface area contributed by atoms with Gasteiger partial charge in [0.05, 0.1) is 6.04 Å². The van der Waals surface area contributed by atoms with Crippen molar-refractivity contribution in [1.82, 2.24) is 4.90 Å². The summed E-state index contributed by atoms with van der Waals surface area (Å²) in [5.41, 5.74) is 11.7. The molecule has 0 saturated carbocycles. The van der Waals surface area contributed by atoms with Crippen molar-refractivity contribution in [3.8, 4) is 11.1 Å². The monoisotopic (exact) mass is 456 g/mol. The van der Waals surface area contributed by atoms with Crippen LogP contribution in [0.2, 0.25) is 0 Å².